The fourth-order valence-electron chi connectivity index (χ4n) is 4.52. The van der Waals surface area contributed by atoms with Gasteiger partial charge in [-0.15, -0.1) is 0 Å². The van der Waals surface area contributed by atoms with Gasteiger partial charge in [-0.3, -0.25) is 4.79 Å². The number of carboxylic acid groups (broad SMARTS) is 1. The Labute approximate surface area is 135 Å². The summed E-state index contributed by atoms with van der Waals surface area (Å²) in [7, 11) is -3.83. The molecule has 0 spiro atoms. The van der Waals surface area contributed by atoms with Crippen molar-refractivity contribution in [1.82, 2.24) is 13.9 Å². The lowest BCUT2D eigenvalue weighted by Crippen LogP contribution is -2.46. The fourth-order valence-corrected chi connectivity index (χ4v) is 6.54. The van der Waals surface area contributed by atoms with Crippen LogP contribution in [0.15, 0.2) is 11.2 Å². The predicted octanol–water partition coefficient (Wildman–Crippen LogP) is 1.24. The van der Waals surface area contributed by atoms with E-state index in [0.29, 0.717) is 13.0 Å². The largest absolute Gasteiger partial charge is 0.480 e. The molecule has 3 aliphatic rings. The third-order valence-electron chi connectivity index (χ3n) is 5.54. The molecule has 1 aromatic heterocycles. The van der Waals surface area contributed by atoms with Crippen LogP contribution >= 0.6 is 0 Å². The molecule has 1 aliphatic carbocycles. The zero-order chi connectivity index (χ0) is 16.2. The van der Waals surface area contributed by atoms with E-state index in [4.69, 9.17) is 0 Å². The van der Waals surface area contributed by atoms with E-state index in [-0.39, 0.29) is 17.0 Å². The van der Waals surface area contributed by atoms with Gasteiger partial charge in [0.2, 0.25) is 0 Å². The first-order valence-electron chi connectivity index (χ1n) is 8.31. The molecule has 0 bridgehead atoms. The predicted molar refractivity (Wildman–Crippen MR) is 81.4 cm³/mol. The van der Waals surface area contributed by atoms with Crippen LogP contribution in [0.2, 0.25) is 0 Å². The van der Waals surface area contributed by atoms with Crippen molar-refractivity contribution in [3.8, 4) is 0 Å². The van der Waals surface area contributed by atoms with E-state index < -0.39 is 22.0 Å². The van der Waals surface area contributed by atoms with E-state index in [1.807, 2.05) is 0 Å². The number of aryl methyl sites for hydroxylation is 1. The van der Waals surface area contributed by atoms with Crippen molar-refractivity contribution in [1.29, 1.82) is 0 Å². The third-order valence-corrected chi connectivity index (χ3v) is 7.47. The molecular formula is C15H21N3O4S. The summed E-state index contributed by atoms with van der Waals surface area (Å²) in [4.78, 5) is 15.9. The van der Waals surface area contributed by atoms with Crippen LogP contribution in [0, 0.1) is 5.92 Å². The van der Waals surface area contributed by atoms with E-state index in [2.05, 4.69) is 4.98 Å². The molecule has 1 saturated heterocycles. The minimum Gasteiger partial charge on any atom is -0.480 e. The van der Waals surface area contributed by atoms with E-state index in [9.17, 15) is 18.3 Å². The van der Waals surface area contributed by atoms with Gasteiger partial charge in [-0.1, -0.05) is 12.8 Å². The van der Waals surface area contributed by atoms with Crippen molar-refractivity contribution < 1.29 is 18.3 Å². The number of hydrogen-bond acceptors (Lipinski definition) is 4. The van der Waals surface area contributed by atoms with Crippen LogP contribution in [0.25, 0.3) is 0 Å². The Bertz CT molecular complexity index is 742. The molecule has 0 amide bonds. The van der Waals surface area contributed by atoms with Crippen molar-refractivity contribution in [3.05, 3.63) is 12.0 Å². The topological polar surface area (TPSA) is 92.5 Å². The first-order chi connectivity index (χ1) is 11.0. The molecule has 3 atom stereocenters. The van der Waals surface area contributed by atoms with Gasteiger partial charge in [0.15, 0.2) is 5.03 Å². The minimum atomic E-state index is -3.83. The molecule has 0 aromatic carbocycles. The van der Waals surface area contributed by atoms with E-state index in [1.54, 1.807) is 4.57 Å². The number of rotatable bonds is 3. The monoisotopic (exact) mass is 339 g/mol. The van der Waals surface area contributed by atoms with Crippen molar-refractivity contribution in [3.63, 3.8) is 0 Å². The number of sulfonamides is 1. The summed E-state index contributed by atoms with van der Waals surface area (Å²) in [5.74, 6) is -0.0837. The normalized spacial score (nSPS) is 31.0. The number of fused-ring (bicyclic) bond motifs is 2. The second-order valence-corrected chi connectivity index (χ2v) is 8.59. The minimum absolute atomic E-state index is 0.167. The highest BCUT2D eigenvalue weighted by Gasteiger charge is 2.52. The number of carboxylic acids is 1. The molecule has 0 radical (unpaired) electrons. The summed E-state index contributed by atoms with van der Waals surface area (Å²) in [6.45, 7) is 0.642. The molecule has 7 nitrogen and oxygen atoms in total. The average molecular weight is 339 g/mol. The van der Waals surface area contributed by atoms with Crippen LogP contribution in [0.3, 0.4) is 0 Å². The molecule has 1 aromatic rings. The van der Waals surface area contributed by atoms with Crippen LogP contribution in [-0.2, 0) is 27.8 Å². The van der Waals surface area contributed by atoms with Crippen LogP contribution in [0.1, 0.15) is 44.3 Å². The molecule has 3 heterocycles. The SMILES string of the molecule is O=C(O)C1CC2CCCCC2N1S(=O)(=O)c1cnc2n1CCC2. The fraction of sp³-hybridized carbons (Fsp3) is 0.733. The van der Waals surface area contributed by atoms with Crippen molar-refractivity contribution in [2.75, 3.05) is 0 Å². The van der Waals surface area contributed by atoms with Crippen LogP contribution in [-0.4, -0.2) is 45.4 Å². The number of imidazole rings is 1. The number of carbonyl (C=O) groups is 1. The highest BCUT2D eigenvalue weighted by atomic mass is 32.2. The zero-order valence-electron chi connectivity index (χ0n) is 12.9. The van der Waals surface area contributed by atoms with Gasteiger partial charge in [0.25, 0.3) is 10.0 Å². The molecule has 23 heavy (non-hydrogen) atoms. The molecule has 3 unspecified atom stereocenters. The summed E-state index contributed by atoms with van der Waals surface area (Å²) < 4.78 is 29.5. The molecule has 126 valence electrons. The molecule has 1 saturated carbocycles. The Morgan fingerprint density at radius 3 is 2.83 bits per heavy atom. The van der Waals surface area contributed by atoms with Crippen LogP contribution < -0.4 is 0 Å². The Kier molecular flexibility index (Phi) is 3.49. The van der Waals surface area contributed by atoms with Gasteiger partial charge in [0, 0.05) is 19.0 Å². The first-order valence-corrected chi connectivity index (χ1v) is 9.75. The number of aliphatic carboxylic acids is 1. The van der Waals surface area contributed by atoms with E-state index >= 15 is 0 Å². The van der Waals surface area contributed by atoms with Crippen LogP contribution in [0.4, 0.5) is 0 Å². The summed E-state index contributed by atoms with van der Waals surface area (Å²) in [5, 5.41) is 9.73. The maximum Gasteiger partial charge on any atom is 0.322 e. The second kappa shape index (κ2) is 5.31. The van der Waals surface area contributed by atoms with Gasteiger partial charge in [-0.2, -0.15) is 4.31 Å². The van der Waals surface area contributed by atoms with Gasteiger partial charge >= 0.3 is 5.97 Å². The number of aromatic nitrogens is 2. The second-order valence-electron chi connectivity index (χ2n) is 6.80. The van der Waals surface area contributed by atoms with Crippen molar-refractivity contribution in [2.45, 2.75) is 68.6 Å². The zero-order valence-corrected chi connectivity index (χ0v) is 13.7. The molecule has 2 aliphatic heterocycles. The Hall–Kier alpha value is -1.41. The van der Waals surface area contributed by atoms with Gasteiger partial charge in [-0.25, -0.2) is 13.4 Å². The number of hydrogen-bond donors (Lipinski definition) is 1. The van der Waals surface area contributed by atoms with Crippen LogP contribution in [0.5, 0.6) is 0 Å². The highest BCUT2D eigenvalue weighted by molar-refractivity contribution is 7.89. The van der Waals surface area contributed by atoms with Crippen molar-refractivity contribution in [2.24, 2.45) is 5.92 Å². The maximum absolute atomic E-state index is 13.2. The molecular weight excluding hydrogens is 318 g/mol. The quantitative estimate of drug-likeness (QED) is 0.894. The lowest BCUT2D eigenvalue weighted by atomic mass is 9.85. The third kappa shape index (κ3) is 2.22. The first kappa shape index (κ1) is 15.1. The summed E-state index contributed by atoms with van der Waals surface area (Å²) in [5.41, 5.74) is 0. The molecule has 1 N–H and O–H groups in total. The Morgan fingerprint density at radius 1 is 1.26 bits per heavy atom. The molecule has 8 heteroatoms. The van der Waals surface area contributed by atoms with Gasteiger partial charge < -0.3 is 9.67 Å². The van der Waals surface area contributed by atoms with Crippen molar-refractivity contribution >= 4 is 16.0 Å². The standard InChI is InChI=1S/C15H21N3O4S/c19-15(20)12-8-10-4-1-2-5-11(10)18(12)23(21,22)14-9-16-13-6-3-7-17(13)14/h9-12H,1-8H2,(H,19,20). The number of nitrogens with zero attached hydrogens (tertiary/aromatic N) is 3. The molecule has 2 fully saturated rings. The highest BCUT2D eigenvalue weighted by Crippen LogP contribution is 2.43. The average Bonchev–Trinajstić information content (AvgIpc) is 3.19. The van der Waals surface area contributed by atoms with Gasteiger partial charge in [0.1, 0.15) is 11.9 Å². The van der Waals surface area contributed by atoms with Gasteiger partial charge in [-0.05, 0) is 31.6 Å². The smallest absolute Gasteiger partial charge is 0.322 e. The Balaban J connectivity index is 1.77. The van der Waals surface area contributed by atoms with E-state index in [0.717, 1.165) is 44.3 Å². The van der Waals surface area contributed by atoms with Gasteiger partial charge in [0.05, 0.1) is 6.20 Å². The molecule has 4 rings (SSSR count). The van der Waals surface area contributed by atoms with E-state index in [1.165, 1.54) is 10.5 Å². The summed E-state index contributed by atoms with van der Waals surface area (Å²) in [6, 6.07) is -1.12. The lowest BCUT2D eigenvalue weighted by molar-refractivity contribution is -0.141. The Morgan fingerprint density at radius 2 is 2.04 bits per heavy atom. The lowest BCUT2D eigenvalue weighted by Gasteiger charge is -2.32. The summed E-state index contributed by atoms with van der Waals surface area (Å²) in [6.07, 6.45) is 7.20. The summed E-state index contributed by atoms with van der Waals surface area (Å²) >= 11 is 0. The maximum atomic E-state index is 13.2.